The van der Waals surface area contributed by atoms with Crippen molar-refractivity contribution in [2.45, 2.75) is 25.8 Å². The van der Waals surface area contributed by atoms with E-state index >= 15 is 0 Å². The number of hydrogen-bond acceptors (Lipinski definition) is 2. The van der Waals surface area contributed by atoms with Crippen LogP contribution in [0, 0.1) is 0 Å². The lowest BCUT2D eigenvalue weighted by atomic mass is 10.0. The first kappa shape index (κ1) is 16.0. The summed E-state index contributed by atoms with van der Waals surface area (Å²) in [6.45, 7) is 4.25. The normalized spacial score (nSPS) is 13.0. The van der Waals surface area contributed by atoms with Crippen molar-refractivity contribution in [2.75, 3.05) is 27.2 Å². The van der Waals surface area contributed by atoms with Gasteiger partial charge in [0, 0.05) is 15.5 Å². The van der Waals surface area contributed by atoms with Gasteiger partial charge in [-0.1, -0.05) is 40.5 Å². The quantitative estimate of drug-likeness (QED) is 0.808. The van der Waals surface area contributed by atoms with Gasteiger partial charge < -0.3 is 10.2 Å². The van der Waals surface area contributed by atoms with Gasteiger partial charge in [0.25, 0.3) is 0 Å². The maximum atomic E-state index is 6.33. The van der Waals surface area contributed by atoms with Gasteiger partial charge in [-0.05, 0) is 57.7 Å². The van der Waals surface area contributed by atoms with Crippen LogP contribution in [0.4, 0.5) is 0 Å². The molecule has 0 aliphatic carbocycles. The van der Waals surface area contributed by atoms with E-state index in [0.717, 1.165) is 35.4 Å². The van der Waals surface area contributed by atoms with Crippen molar-refractivity contribution >= 4 is 27.5 Å². The van der Waals surface area contributed by atoms with E-state index in [1.54, 1.807) is 0 Å². The summed E-state index contributed by atoms with van der Waals surface area (Å²) >= 11 is 9.78. The highest BCUT2D eigenvalue weighted by molar-refractivity contribution is 9.10. The number of nitrogens with one attached hydrogen (secondary N) is 1. The first-order valence-electron chi connectivity index (χ1n) is 6.37. The van der Waals surface area contributed by atoms with Crippen molar-refractivity contribution in [2.24, 2.45) is 0 Å². The second-order valence-electron chi connectivity index (χ2n) is 4.76. The van der Waals surface area contributed by atoms with Crippen molar-refractivity contribution in [3.8, 4) is 0 Å². The minimum absolute atomic E-state index is 0.327. The standard InChI is InChI=1S/C14H22BrClN2/c1-4-8-17-14(7-9-18(2)3)12-6-5-11(15)10-13(12)16/h5-6,10,14,17H,4,7-9H2,1-3H3. The molecule has 1 aromatic carbocycles. The van der Waals surface area contributed by atoms with Crippen molar-refractivity contribution in [3.05, 3.63) is 33.3 Å². The fourth-order valence-corrected chi connectivity index (χ4v) is 2.66. The Morgan fingerprint density at radius 2 is 2.11 bits per heavy atom. The summed E-state index contributed by atoms with van der Waals surface area (Å²) in [6, 6.07) is 6.45. The van der Waals surface area contributed by atoms with E-state index in [1.807, 2.05) is 6.07 Å². The molecule has 102 valence electrons. The molecule has 0 saturated carbocycles. The van der Waals surface area contributed by atoms with Gasteiger partial charge in [-0.3, -0.25) is 0 Å². The van der Waals surface area contributed by atoms with Crippen LogP contribution >= 0.6 is 27.5 Å². The van der Waals surface area contributed by atoms with E-state index in [0.29, 0.717) is 6.04 Å². The van der Waals surface area contributed by atoms with Crippen molar-refractivity contribution in [3.63, 3.8) is 0 Å². The van der Waals surface area contributed by atoms with E-state index in [2.05, 4.69) is 59.3 Å². The zero-order chi connectivity index (χ0) is 13.5. The van der Waals surface area contributed by atoms with Gasteiger partial charge in [0.05, 0.1) is 0 Å². The predicted molar refractivity (Wildman–Crippen MR) is 83.4 cm³/mol. The number of hydrogen-bond donors (Lipinski definition) is 1. The Hall–Kier alpha value is -0.0900. The second-order valence-corrected chi connectivity index (χ2v) is 6.09. The van der Waals surface area contributed by atoms with Gasteiger partial charge in [0.15, 0.2) is 0 Å². The lowest BCUT2D eigenvalue weighted by Gasteiger charge is -2.22. The summed E-state index contributed by atoms with van der Waals surface area (Å²) in [5, 5.41) is 4.41. The third-order valence-corrected chi connectivity index (χ3v) is 3.66. The lowest BCUT2D eigenvalue weighted by Crippen LogP contribution is -2.26. The first-order chi connectivity index (χ1) is 8.54. The highest BCUT2D eigenvalue weighted by Crippen LogP contribution is 2.28. The Morgan fingerprint density at radius 1 is 1.39 bits per heavy atom. The van der Waals surface area contributed by atoms with Crippen LogP contribution in [0.15, 0.2) is 22.7 Å². The summed E-state index contributed by atoms with van der Waals surface area (Å²) in [7, 11) is 4.19. The van der Waals surface area contributed by atoms with Crippen LogP contribution in [0.5, 0.6) is 0 Å². The number of nitrogens with zero attached hydrogens (tertiary/aromatic N) is 1. The lowest BCUT2D eigenvalue weighted by molar-refractivity contribution is 0.361. The molecular weight excluding hydrogens is 312 g/mol. The second kappa shape index (κ2) is 8.16. The third-order valence-electron chi connectivity index (χ3n) is 2.84. The maximum Gasteiger partial charge on any atom is 0.0465 e. The summed E-state index contributed by atoms with van der Waals surface area (Å²) in [5.41, 5.74) is 1.19. The van der Waals surface area contributed by atoms with Crippen molar-refractivity contribution in [1.82, 2.24) is 10.2 Å². The molecule has 1 rings (SSSR count). The van der Waals surface area contributed by atoms with Crippen LogP contribution in [0.25, 0.3) is 0 Å². The molecule has 0 aliphatic rings. The third kappa shape index (κ3) is 5.27. The monoisotopic (exact) mass is 332 g/mol. The van der Waals surface area contributed by atoms with Crippen LogP contribution in [0.3, 0.4) is 0 Å². The van der Waals surface area contributed by atoms with Crippen molar-refractivity contribution < 1.29 is 0 Å². The molecule has 0 bridgehead atoms. The summed E-state index contributed by atoms with van der Waals surface area (Å²) in [5.74, 6) is 0. The smallest absolute Gasteiger partial charge is 0.0465 e. The molecule has 0 radical (unpaired) electrons. The highest BCUT2D eigenvalue weighted by Gasteiger charge is 2.14. The van der Waals surface area contributed by atoms with Gasteiger partial charge in [-0.15, -0.1) is 0 Å². The summed E-state index contributed by atoms with van der Waals surface area (Å²) < 4.78 is 1.03. The Balaban J connectivity index is 2.79. The molecule has 1 aromatic rings. The van der Waals surface area contributed by atoms with Gasteiger partial charge >= 0.3 is 0 Å². The molecule has 1 unspecified atom stereocenters. The van der Waals surface area contributed by atoms with Crippen LogP contribution < -0.4 is 5.32 Å². The summed E-state index contributed by atoms with van der Waals surface area (Å²) in [4.78, 5) is 2.20. The van der Waals surface area contributed by atoms with E-state index in [1.165, 1.54) is 5.56 Å². The molecule has 0 spiro atoms. The fraction of sp³-hybridized carbons (Fsp3) is 0.571. The van der Waals surface area contributed by atoms with Crippen LogP contribution in [0.2, 0.25) is 5.02 Å². The topological polar surface area (TPSA) is 15.3 Å². The number of halogens is 2. The first-order valence-corrected chi connectivity index (χ1v) is 7.54. The molecule has 0 heterocycles. The highest BCUT2D eigenvalue weighted by atomic mass is 79.9. The minimum atomic E-state index is 0.327. The van der Waals surface area contributed by atoms with E-state index < -0.39 is 0 Å². The molecule has 0 aliphatic heterocycles. The van der Waals surface area contributed by atoms with Crippen LogP contribution in [-0.2, 0) is 0 Å². The summed E-state index contributed by atoms with van der Waals surface area (Å²) in [6.07, 6.45) is 2.20. The molecule has 0 aromatic heterocycles. The SMILES string of the molecule is CCCNC(CCN(C)C)c1ccc(Br)cc1Cl. The minimum Gasteiger partial charge on any atom is -0.310 e. The van der Waals surface area contributed by atoms with Gasteiger partial charge in [0.1, 0.15) is 0 Å². The number of benzene rings is 1. The Kier molecular flexibility index (Phi) is 7.23. The largest absolute Gasteiger partial charge is 0.310 e. The van der Waals surface area contributed by atoms with Crippen LogP contribution in [-0.4, -0.2) is 32.1 Å². The molecule has 2 nitrogen and oxygen atoms in total. The Morgan fingerprint density at radius 3 is 2.67 bits per heavy atom. The van der Waals surface area contributed by atoms with Crippen LogP contribution in [0.1, 0.15) is 31.4 Å². The molecule has 4 heteroatoms. The van der Waals surface area contributed by atoms with Gasteiger partial charge in [-0.2, -0.15) is 0 Å². The Bertz CT molecular complexity index is 369. The molecule has 18 heavy (non-hydrogen) atoms. The molecule has 0 amide bonds. The van der Waals surface area contributed by atoms with E-state index in [9.17, 15) is 0 Å². The zero-order valence-corrected chi connectivity index (χ0v) is 13.7. The molecule has 1 N–H and O–H groups in total. The Labute approximate surface area is 124 Å². The zero-order valence-electron chi connectivity index (χ0n) is 11.3. The fourth-order valence-electron chi connectivity index (χ4n) is 1.86. The average molecular weight is 334 g/mol. The van der Waals surface area contributed by atoms with Crippen molar-refractivity contribution in [1.29, 1.82) is 0 Å². The average Bonchev–Trinajstić information content (AvgIpc) is 2.30. The molecular formula is C14H22BrClN2. The van der Waals surface area contributed by atoms with Gasteiger partial charge in [-0.25, -0.2) is 0 Å². The van der Waals surface area contributed by atoms with E-state index in [4.69, 9.17) is 11.6 Å². The predicted octanol–water partition coefficient (Wildman–Crippen LogP) is 4.09. The maximum absolute atomic E-state index is 6.33. The van der Waals surface area contributed by atoms with Gasteiger partial charge in [0.2, 0.25) is 0 Å². The molecule has 0 fully saturated rings. The molecule has 1 atom stereocenters. The van der Waals surface area contributed by atoms with E-state index in [-0.39, 0.29) is 0 Å². The number of rotatable bonds is 7. The molecule has 0 saturated heterocycles.